The summed E-state index contributed by atoms with van der Waals surface area (Å²) in [5, 5.41) is 5.87. The van der Waals surface area contributed by atoms with E-state index in [9.17, 15) is 4.79 Å². The average Bonchev–Trinajstić information content (AvgIpc) is 3.10. The number of benzene rings is 2. The van der Waals surface area contributed by atoms with Gasteiger partial charge in [-0.2, -0.15) is 0 Å². The second-order valence-electron chi connectivity index (χ2n) is 6.06. The van der Waals surface area contributed by atoms with E-state index in [1.807, 2.05) is 36.4 Å². The number of nitrogens with zero attached hydrogens (tertiary/aromatic N) is 1. The zero-order chi connectivity index (χ0) is 14.4. The highest BCUT2D eigenvalue weighted by molar-refractivity contribution is 6.35. The molecule has 1 N–H and O–H groups in total. The first-order chi connectivity index (χ1) is 10.2. The summed E-state index contributed by atoms with van der Waals surface area (Å²) in [6.07, 6.45) is 1.20. The van der Waals surface area contributed by atoms with Crippen LogP contribution in [0.2, 0.25) is 5.02 Å². The number of hydrogen-bond acceptors (Lipinski definition) is 2. The van der Waals surface area contributed by atoms with Crippen molar-refractivity contribution in [1.29, 1.82) is 0 Å². The molecule has 2 aromatic rings. The normalized spacial score (nSPS) is 27.2. The largest absolute Gasteiger partial charge is 0.348 e. The quantitative estimate of drug-likeness (QED) is 0.925. The summed E-state index contributed by atoms with van der Waals surface area (Å²) in [4.78, 5) is 14.9. The van der Waals surface area contributed by atoms with Crippen molar-refractivity contribution in [1.82, 2.24) is 10.2 Å². The van der Waals surface area contributed by atoms with Crippen LogP contribution < -0.4 is 5.32 Å². The molecule has 0 spiro atoms. The maximum absolute atomic E-state index is 12.5. The number of carbonyl (C=O) groups excluding carboxylic acids is 1. The first-order valence-electron chi connectivity index (χ1n) is 7.42. The molecule has 2 heterocycles. The first kappa shape index (κ1) is 13.1. The molecule has 2 unspecified atom stereocenters. The molecule has 3 nitrogen and oxygen atoms in total. The smallest absolute Gasteiger partial charge is 0.251 e. The molecule has 0 radical (unpaired) electrons. The Labute approximate surface area is 128 Å². The summed E-state index contributed by atoms with van der Waals surface area (Å²) in [7, 11) is 0. The summed E-state index contributed by atoms with van der Waals surface area (Å²) in [6.45, 7) is 3.31. The molecule has 2 aromatic carbocycles. The Hall–Kier alpha value is -1.58. The van der Waals surface area contributed by atoms with Crippen molar-refractivity contribution < 1.29 is 4.79 Å². The van der Waals surface area contributed by atoms with Crippen LogP contribution in [0.5, 0.6) is 0 Å². The van der Waals surface area contributed by atoms with E-state index in [0.29, 0.717) is 22.5 Å². The fourth-order valence-electron chi connectivity index (χ4n) is 3.58. The molecule has 0 aliphatic carbocycles. The molecule has 4 heteroatoms. The molecule has 2 saturated heterocycles. The number of rotatable bonds is 2. The fraction of sp³-hybridized carbons (Fsp3) is 0.353. The predicted molar refractivity (Wildman–Crippen MR) is 84.8 cm³/mol. The predicted octanol–water partition coefficient (Wildman–Crippen LogP) is 2.93. The van der Waals surface area contributed by atoms with Gasteiger partial charge >= 0.3 is 0 Å². The zero-order valence-corrected chi connectivity index (χ0v) is 12.4. The van der Waals surface area contributed by atoms with Crippen LogP contribution in [0.15, 0.2) is 36.4 Å². The third kappa shape index (κ3) is 2.30. The Balaban J connectivity index is 1.58. The number of halogens is 1. The minimum Gasteiger partial charge on any atom is -0.348 e. The Bertz CT molecular complexity index is 715. The topological polar surface area (TPSA) is 32.3 Å². The van der Waals surface area contributed by atoms with Gasteiger partial charge in [0.15, 0.2) is 0 Å². The molecule has 2 aliphatic heterocycles. The van der Waals surface area contributed by atoms with Crippen molar-refractivity contribution in [3.05, 3.63) is 47.0 Å². The molecule has 4 rings (SSSR count). The van der Waals surface area contributed by atoms with Crippen LogP contribution in [0.1, 0.15) is 16.8 Å². The SMILES string of the molecule is O=C(NC1CN2CC[C@H]1C2)c1ccc2cccc(Cl)c2c1. The maximum Gasteiger partial charge on any atom is 0.251 e. The van der Waals surface area contributed by atoms with E-state index in [-0.39, 0.29) is 5.91 Å². The van der Waals surface area contributed by atoms with E-state index in [0.717, 1.165) is 23.9 Å². The van der Waals surface area contributed by atoms with Gasteiger partial charge in [0, 0.05) is 35.1 Å². The Morgan fingerprint density at radius 1 is 1.24 bits per heavy atom. The van der Waals surface area contributed by atoms with Crippen molar-refractivity contribution in [2.45, 2.75) is 12.5 Å². The number of hydrogen-bond donors (Lipinski definition) is 1. The molecule has 108 valence electrons. The van der Waals surface area contributed by atoms with Gasteiger partial charge in [-0.15, -0.1) is 0 Å². The van der Waals surface area contributed by atoms with E-state index in [1.165, 1.54) is 13.0 Å². The lowest BCUT2D eigenvalue weighted by Crippen LogP contribution is -2.43. The van der Waals surface area contributed by atoms with Crippen molar-refractivity contribution in [3.63, 3.8) is 0 Å². The molecule has 2 fully saturated rings. The minimum atomic E-state index is 0.00979. The molecular formula is C17H17ClN2O. The van der Waals surface area contributed by atoms with Gasteiger partial charge in [-0.05, 0) is 42.5 Å². The molecule has 3 atom stereocenters. The Kier molecular flexibility index (Phi) is 3.12. The zero-order valence-electron chi connectivity index (χ0n) is 11.7. The van der Waals surface area contributed by atoms with Crippen LogP contribution in [0.3, 0.4) is 0 Å². The molecule has 0 aromatic heterocycles. The van der Waals surface area contributed by atoms with Crippen LogP contribution in [0, 0.1) is 5.92 Å². The van der Waals surface area contributed by atoms with Crippen molar-refractivity contribution in [2.24, 2.45) is 5.92 Å². The van der Waals surface area contributed by atoms with E-state index in [4.69, 9.17) is 11.6 Å². The van der Waals surface area contributed by atoms with Crippen molar-refractivity contribution >= 4 is 28.3 Å². The van der Waals surface area contributed by atoms with E-state index >= 15 is 0 Å². The molecule has 21 heavy (non-hydrogen) atoms. The maximum atomic E-state index is 12.5. The van der Waals surface area contributed by atoms with Gasteiger partial charge in [-0.1, -0.05) is 29.8 Å². The minimum absolute atomic E-state index is 0.00979. The highest BCUT2D eigenvalue weighted by atomic mass is 35.5. The van der Waals surface area contributed by atoms with Crippen LogP contribution in [-0.2, 0) is 0 Å². The molecule has 1 amide bonds. The van der Waals surface area contributed by atoms with Gasteiger partial charge in [-0.3, -0.25) is 4.79 Å². The number of amides is 1. The second kappa shape index (κ2) is 5.00. The van der Waals surface area contributed by atoms with Gasteiger partial charge in [0.2, 0.25) is 0 Å². The molecule has 2 aliphatic rings. The molecule has 2 bridgehead atoms. The monoisotopic (exact) mass is 300 g/mol. The van der Waals surface area contributed by atoms with Gasteiger partial charge < -0.3 is 10.2 Å². The third-order valence-corrected chi connectivity index (χ3v) is 5.07. The summed E-state index contributed by atoms with van der Waals surface area (Å²) < 4.78 is 0. The number of nitrogens with one attached hydrogen (secondary N) is 1. The molecule has 0 saturated carbocycles. The van der Waals surface area contributed by atoms with Gasteiger partial charge in [0.1, 0.15) is 0 Å². The standard InChI is InChI=1S/C17H17ClN2O/c18-15-3-1-2-11-4-5-12(8-14(11)15)17(21)19-16-10-20-7-6-13(16)9-20/h1-5,8,13,16H,6-7,9-10H2,(H,19,21)/t13-,16?/m0/s1. The van der Waals surface area contributed by atoms with E-state index in [2.05, 4.69) is 10.2 Å². The number of piperidine rings is 1. The summed E-state index contributed by atoms with van der Waals surface area (Å²) in [5.74, 6) is 0.633. The van der Waals surface area contributed by atoms with Crippen molar-refractivity contribution in [3.8, 4) is 0 Å². The summed E-state index contributed by atoms with van der Waals surface area (Å²) >= 11 is 6.22. The van der Waals surface area contributed by atoms with Gasteiger partial charge in [0.25, 0.3) is 5.91 Å². The third-order valence-electron chi connectivity index (χ3n) is 4.74. The first-order valence-corrected chi connectivity index (χ1v) is 7.80. The average molecular weight is 301 g/mol. The van der Waals surface area contributed by atoms with E-state index in [1.54, 1.807) is 0 Å². The van der Waals surface area contributed by atoms with E-state index < -0.39 is 0 Å². The van der Waals surface area contributed by atoms with Gasteiger partial charge in [0.05, 0.1) is 0 Å². The Morgan fingerprint density at radius 2 is 2.14 bits per heavy atom. The summed E-state index contributed by atoms with van der Waals surface area (Å²) in [5.41, 5.74) is 0.688. The highest BCUT2D eigenvalue weighted by Gasteiger charge is 2.38. The van der Waals surface area contributed by atoms with Gasteiger partial charge in [-0.25, -0.2) is 0 Å². The molecular weight excluding hydrogens is 284 g/mol. The van der Waals surface area contributed by atoms with Crippen molar-refractivity contribution in [2.75, 3.05) is 19.6 Å². The number of fused-ring (bicyclic) bond motifs is 3. The lowest BCUT2D eigenvalue weighted by atomic mass is 9.99. The lowest BCUT2D eigenvalue weighted by Gasteiger charge is -2.23. The summed E-state index contributed by atoms with van der Waals surface area (Å²) in [6, 6.07) is 11.8. The lowest BCUT2D eigenvalue weighted by molar-refractivity contribution is 0.0924. The highest BCUT2D eigenvalue weighted by Crippen LogP contribution is 2.28. The Morgan fingerprint density at radius 3 is 2.90 bits per heavy atom. The van der Waals surface area contributed by atoms with Crippen LogP contribution in [0.4, 0.5) is 0 Å². The fourth-order valence-corrected chi connectivity index (χ4v) is 3.81. The second-order valence-corrected chi connectivity index (χ2v) is 6.47. The van der Waals surface area contributed by atoms with Crippen LogP contribution >= 0.6 is 11.6 Å². The number of carbonyl (C=O) groups is 1. The van der Waals surface area contributed by atoms with Crippen LogP contribution in [-0.4, -0.2) is 36.5 Å². The van der Waals surface area contributed by atoms with Crippen LogP contribution in [0.25, 0.3) is 10.8 Å².